The second-order valence-corrected chi connectivity index (χ2v) is 4.48. The minimum atomic E-state index is -0.269. The van der Waals surface area contributed by atoms with Crippen molar-refractivity contribution in [3.05, 3.63) is 52.1 Å². The minimum Gasteiger partial charge on any atom is -0.362 e. The van der Waals surface area contributed by atoms with Crippen LogP contribution in [0.25, 0.3) is 0 Å². The van der Waals surface area contributed by atoms with E-state index in [4.69, 9.17) is 23.2 Å². The van der Waals surface area contributed by atoms with Crippen LogP contribution in [0.1, 0.15) is 18.5 Å². The molecule has 18 heavy (non-hydrogen) atoms. The largest absolute Gasteiger partial charge is 0.362 e. The molecular weight excluding hydrogens is 276 g/mol. The van der Waals surface area contributed by atoms with Crippen molar-refractivity contribution in [2.45, 2.75) is 13.0 Å². The van der Waals surface area contributed by atoms with Gasteiger partial charge in [0.1, 0.15) is 23.0 Å². The van der Waals surface area contributed by atoms with E-state index < -0.39 is 0 Å². The zero-order valence-electron chi connectivity index (χ0n) is 9.49. The first kappa shape index (κ1) is 13.1. The number of hydrogen-bond donors (Lipinski definition) is 1. The Morgan fingerprint density at radius 1 is 1.17 bits per heavy atom. The molecule has 0 amide bonds. The molecule has 0 bridgehead atoms. The van der Waals surface area contributed by atoms with Gasteiger partial charge in [-0.1, -0.05) is 35.3 Å². The SMILES string of the molecule is C[C@H](Nc1ncnc(Cl)c1Cl)c1ccc(F)cc1. The molecule has 1 atom stereocenters. The lowest BCUT2D eigenvalue weighted by atomic mass is 10.1. The fourth-order valence-electron chi connectivity index (χ4n) is 1.49. The van der Waals surface area contributed by atoms with Crippen LogP contribution in [0.5, 0.6) is 0 Å². The van der Waals surface area contributed by atoms with Crippen molar-refractivity contribution in [1.29, 1.82) is 0 Å². The molecule has 0 aliphatic rings. The lowest BCUT2D eigenvalue weighted by molar-refractivity contribution is 0.626. The lowest BCUT2D eigenvalue weighted by Crippen LogP contribution is -2.08. The minimum absolute atomic E-state index is 0.0749. The molecule has 1 N–H and O–H groups in total. The van der Waals surface area contributed by atoms with Crippen LogP contribution in [-0.4, -0.2) is 9.97 Å². The van der Waals surface area contributed by atoms with Gasteiger partial charge in [0.25, 0.3) is 0 Å². The monoisotopic (exact) mass is 285 g/mol. The number of rotatable bonds is 3. The van der Waals surface area contributed by atoms with Gasteiger partial charge in [-0.3, -0.25) is 0 Å². The Morgan fingerprint density at radius 2 is 1.83 bits per heavy atom. The topological polar surface area (TPSA) is 37.8 Å². The van der Waals surface area contributed by atoms with E-state index in [9.17, 15) is 4.39 Å². The third-order valence-electron chi connectivity index (χ3n) is 2.47. The summed E-state index contributed by atoms with van der Waals surface area (Å²) in [6.07, 6.45) is 1.33. The zero-order chi connectivity index (χ0) is 13.1. The average Bonchev–Trinajstić information content (AvgIpc) is 2.36. The van der Waals surface area contributed by atoms with Gasteiger partial charge in [-0.2, -0.15) is 0 Å². The van der Waals surface area contributed by atoms with E-state index in [1.165, 1.54) is 18.5 Å². The molecule has 0 spiro atoms. The molecule has 94 valence electrons. The number of halogens is 3. The maximum atomic E-state index is 12.8. The van der Waals surface area contributed by atoms with Gasteiger partial charge in [0.05, 0.1) is 0 Å². The van der Waals surface area contributed by atoms with Crippen LogP contribution >= 0.6 is 23.2 Å². The fourth-order valence-corrected chi connectivity index (χ4v) is 1.77. The van der Waals surface area contributed by atoms with Crippen LogP contribution in [0.4, 0.5) is 10.2 Å². The van der Waals surface area contributed by atoms with Crippen molar-refractivity contribution >= 4 is 29.0 Å². The Hall–Kier alpha value is -1.39. The van der Waals surface area contributed by atoms with E-state index in [1.54, 1.807) is 12.1 Å². The summed E-state index contributed by atoms with van der Waals surface area (Å²) in [5.41, 5.74) is 0.919. The van der Waals surface area contributed by atoms with Gasteiger partial charge in [-0.25, -0.2) is 14.4 Å². The van der Waals surface area contributed by atoms with Gasteiger partial charge < -0.3 is 5.32 Å². The zero-order valence-corrected chi connectivity index (χ0v) is 11.0. The van der Waals surface area contributed by atoms with Crippen LogP contribution < -0.4 is 5.32 Å². The van der Waals surface area contributed by atoms with Crippen LogP contribution in [0.15, 0.2) is 30.6 Å². The molecule has 0 saturated heterocycles. The lowest BCUT2D eigenvalue weighted by Gasteiger charge is -2.15. The van der Waals surface area contributed by atoms with Gasteiger partial charge >= 0.3 is 0 Å². The number of benzene rings is 1. The highest BCUT2D eigenvalue weighted by molar-refractivity contribution is 6.42. The predicted molar refractivity (Wildman–Crippen MR) is 70.5 cm³/mol. The first-order chi connectivity index (χ1) is 8.58. The van der Waals surface area contributed by atoms with Gasteiger partial charge in [0.15, 0.2) is 5.15 Å². The highest BCUT2D eigenvalue weighted by Crippen LogP contribution is 2.28. The standard InChI is InChI=1S/C12H10Cl2FN3/c1-7(8-2-4-9(15)5-3-8)18-12-10(13)11(14)16-6-17-12/h2-7H,1H3,(H,16,17,18)/t7-/m0/s1. The van der Waals surface area contributed by atoms with Crippen LogP contribution in [0.2, 0.25) is 10.2 Å². The Labute approximate surface area is 114 Å². The van der Waals surface area contributed by atoms with E-state index in [2.05, 4.69) is 15.3 Å². The van der Waals surface area contributed by atoms with Crippen LogP contribution in [0.3, 0.4) is 0 Å². The maximum absolute atomic E-state index is 12.8. The predicted octanol–water partition coefficient (Wildman–Crippen LogP) is 4.10. The van der Waals surface area contributed by atoms with Crippen LogP contribution in [0, 0.1) is 5.82 Å². The van der Waals surface area contributed by atoms with E-state index in [1.807, 2.05) is 6.92 Å². The summed E-state index contributed by atoms with van der Waals surface area (Å²) >= 11 is 11.8. The van der Waals surface area contributed by atoms with Gasteiger partial charge in [-0.15, -0.1) is 0 Å². The molecule has 1 aromatic carbocycles. The van der Waals surface area contributed by atoms with Crippen molar-refractivity contribution < 1.29 is 4.39 Å². The summed E-state index contributed by atoms with van der Waals surface area (Å²) in [5, 5.41) is 3.56. The summed E-state index contributed by atoms with van der Waals surface area (Å²) in [7, 11) is 0. The van der Waals surface area contributed by atoms with Gasteiger partial charge in [0, 0.05) is 6.04 Å². The van der Waals surface area contributed by atoms with Crippen molar-refractivity contribution in [2.24, 2.45) is 0 Å². The molecule has 6 heteroatoms. The number of aromatic nitrogens is 2. The third-order valence-corrected chi connectivity index (χ3v) is 3.21. The number of nitrogens with one attached hydrogen (secondary N) is 1. The van der Waals surface area contributed by atoms with E-state index in [-0.39, 0.29) is 22.0 Å². The quantitative estimate of drug-likeness (QED) is 0.863. The third kappa shape index (κ3) is 2.89. The first-order valence-corrected chi connectivity index (χ1v) is 6.01. The molecule has 2 rings (SSSR count). The van der Waals surface area contributed by atoms with Crippen LogP contribution in [-0.2, 0) is 0 Å². The van der Waals surface area contributed by atoms with Crippen molar-refractivity contribution in [2.75, 3.05) is 5.32 Å². The summed E-state index contributed by atoms with van der Waals surface area (Å²) in [6.45, 7) is 1.92. The smallest absolute Gasteiger partial charge is 0.153 e. The molecule has 0 radical (unpaired) electrons. The fraction of sp³-hybridized carbons (Fsp3) is 0.167. The van der Waals surface area contributed by atoms with Gasteiger partial charge in [0.2, 0.25) is 0 Å². The number of nitrogens with zero attached hydrogens (tertiary/aromatic N) is 2. The Balaban J connectivity index is 2.18. The van der Waals surface area contributed by atoms with E-state index >= 15 is 0 Å². The normalized spacial score (nSPS) is 12.2. The van der Waals surface area contributed by atoms with Crippen molar-refractivity contribution in [3.8, 4) is 0 Å². The van der Waals surface area contributed by atoms with E-state index in [0.29, 0.717) is 5.82 Å². The first-order valence-electron chi connectivity index (χ1n) is 5.26. The molecule has 0 aliphatic heterocycles. The average molecular weight is 286 g/mol. The molecule has 0 aliphatic carbocycles. The Morgan fingerprint density at radius 3 is 2.50 bits per heavy atom. The molecule has 0 fully saturated rings. The van der Waals surface area contributed by atoms with Crippen molar-refractivity contribution in [1.82, 2.24) is 9.97 Å². The highest BCUT2D eigenvalue weighted by atomic mass is 35.5. The highest BCUT2D eigenvalue weighted by Gasteiger charge is 2.11. The molecule has 3 nitrogen and oxygen atoms in total. The summed E-state index contributed by atoms with van der Waals surface area (Å²) in [6, 6.07) is 6.13. The second kappa shape index (κ2) is 5.50. The summed E-state index contributed by atoms with van der Waals surface area (Å²) < 4.78 is 12.8. The molecule has 2 aromatic rings. The van der Waals surface area contributed by atoms with Crippen molar-refractivity contribution in [3.63, 3.8) is 0 Å². The molecule has 1 aromatic heterocycles. The van der Waals surface area contributed by atoms with Gasteiger partial charge in [-0.05, 0) is 24.6 Å². The maximum Gasteiger partial charge on any atom is 0.153 e. The Bertz CT molecular complexity index is 546. The molecule has 0 saturated carbocycles. The second-order valence-electron chi connectivity index (χ2n) is 3.74. The molecule has 0 unspecified atom stereocenters. The molecular formula is C12H10Cl2FN3. The van der Waals surface area contributed by atoms with E-state index in [0.717, 1.165) is 5.56 Å². The summed E-state index contributed by atoms with van der Waals surface area (Å²) in [4.78, 5) is 7.77. The molecule has 1 heterocycles. The number of hydrogen-bond acceptors (Lipinski definition) is 3. The Kier molecular flexibility index (Phi) is 3.99. The number of anilines is 1. The summed E-state index contributed by atoms with van der Waals surface area (Å²) in [5.74, 6) is 0.183.